The average molecular weight is 378 g/mol. The number of carbonyl (C=O) groups excluding carboxylic acids is 1. The minimum atomic E-state index is -0.331. The van der Waals surface area contributed by atoms with Gasteiger partial charge in [-0.15, -0.1) is 0 Å². The predicted octanol–water partition coefficient (Wildman–Crippen LogP) is 5.43. The Bertz CT molecular complexity index is 1010. The van der Waals surface area contributed by atoms with Crippen molar-refractivity contribution in [3.05, 3.63) is 87.6 Å². The lowest BCUT2D eigenvalue weighted by Crippen LogP contribution is -2.33. The zero-order valence-electron chi connectivity index (χ0n) is 15.5. The van der Waals surface area contributed by atoms with Gasteiger partial charge in [0.2, 0.25) is 0 Å². The number of amides is 1. The molecule has 4 nitrogen and oxygen atoms in total. The highest BCUT2D eigenvalue weighted by Crippen LogP contribution is 2.38. The Morgan fingerprint density at radius 3 is 2.41 bits per heavy atom. The average Bonchev–Trinajstić information content (AvgIpc) is 2.91. The number of anilines is 2. The standard InChI is InChI=1S/C22H20ClN3O/c1-13-10-14(2)20(15(3)11-13)25-21-17-6-4-5-7-18(17)22(27)26(21)19-9-8-16(23)12-24-19/h4-12,21,25H,1-3H3/t21-/m0/s1. The molecule has 1 aliphatic heterocycles. The number of hydrogen-bond donors (Lipinski definition) is 1. The maximum absolute atomic E-state index is 13.1. The van der Waals surface area contributed by atoms with Gasteiger partial charge in [-0.1, -0.05) is 47.5 Å². The summed E-state index contributed by atoms with van der Waals surface area (Å²) in [5, 5.41) is 4.13. The zero-order valence-corrected chi connectivity index (χ0v) is 16.2. The summed E-state index contributed by atoms with van der Waals surface area (Å²) in [6.07, 6.45) is 1.23. The van der Waals surface area contributed by atoms with Crippen LogP contribution in [0.1, 0.15) is 38.8 Å². The van der Waals surface area contributed by atoms with E-state index in [4.69, 9.17) is 11.6 Å². The number of aryl methyl sites for hydroxylation is 3. The summed E-state index contributed by atoms with van der Waals surface area (Å²) in [4.78, 5) is 19.2. The number of pyridine rings is 1. The molecule has 1 N–H and O–H groups in total. The first kappa shape index (κ1) is 17.6. The summed E-state index contributed by atoms with van der Waals surface area (Å²) < 4.78 is 0. The van der Waals surface area contributed by atoms with Crippen molar-refractivity contribution in [1.82, 2.24) is 4.98 Å². The Morgan fingerprint density at radius 2 is 1.74 bits per heavy atom. The smallest absolute Gasteiger partial charge is 0.261 e. The van der Waals surface area contributed by atoms with Crippen molar-refractivity contribution in [2.45, 2.75) is 26.9 Å². The highest BCUT2D eigenvalue weighted by molar-refractivity contribution is 6.30. The van der Waals surface area contributed by atoms with E-state index in [1.165, 1.54) is 5.56 Å². The van der Waals surface area contributed by atoms with E-state index in [9.17, 15) is 4.79 Å². The largest absolute Gasteiger partial charge is 0.361 e. The Balaban J connectivity index is 1.82. The van der Waals surface area contributed by atoms with E-state index in [1.807, 2.05) is 24.3 Å². The fraction of sp³-hybridized carbons (Fsp3) is 0.182. The molecular formula is C22H20ClN3O. The van der Waals surface area contributed by atoms with E-state index in [-0.39, 0.29) is 12.1 Å². The van der Waals surface area contributed by atoms with Gasteiger partial charge in [-0.05, 0) is 50.1 Å². The molecule has 136 valence electrons. The number of nitrogens with one attached hydrogen (secondary N) is 1. The molecule has 0 unspecified atom stereocenters. The minimum Gasteiger partial charge on any atom is -0.361 e. The second kappa shape index (κ2) is 6.71. The molecule has 4 rings (SSSR count). The van der Waals surface area contributed by atoms with E-state index >= 15 is 0 Å². The normalized spacial score (nSPS) is 15.8. The number of rotatable bonds is 3. The number of hydrogen-bond acceptors (Lipinski definition) is 3. The van der Waals surface area contributed by atoms with Crippen molar-refractivity contribution in [2.75, 3.05) is 10.2 Å². The van der Waals surface area contributed by atoms with Crippen LogP contribution in [0.25, 0.3) is 0 Å². The Kier molecular flexibility index (Phi) is 4.36. The van der Waals surface area contributed by atoms with E-state index < -0.39 is 0 Å². The summed E-state index contributed by atoms with van der Waals surface area (Å²) in [5.41, 5.74) is 6.18. The van der Waals surface area contributed by atoms with Gasteiger partial charge in [-0.25, -0.2) is 4.98 Å². The maximum atomic E-state index is 13.1. The van der Waals surface area contributed by atoms with Crippen LogP contribution in [0.15, 0.2) is 54.7 Å². The van der Waals surface area contributed by atoms with Gasteiger partial charge in [0.15, 0.2) is 0 Å². The van der Waals surface area contributed by atoms with Crippen molar-refractivity contribution in [3.8, 4) is 0 Å². The first-order valence-electron chi connectivity index (χ1n) is 8.84. The van der Waals surface area contributed by atoms with Crippen LogP contribution in [-0.4, -0.2) is 10.9 Å². The van der Waals surface area contributed by atoms with Gasteiger partial charge in [0.25, 0.3) is 5.91 Å². The number of benzene rings is 2. The van der Waals surface area contributed by atoms with E-state index in [0.29, 0.717) is 16.4 Å². The Hall–Kier alpha value is -2.85. The van der Waals surface area contributed by atoms with Crippen molar-refractivity contribution < 1.29 is 4.79 Å². The fourth-order valence-electron chi connectivity index (χ4n) is 3.75. The SMILES string of the molecule is Cc1cc(C)c(N[C@@H]2c3ccccc3C(=O)N2c2ccc(Cl)cn2)c(C)c1. The summed E-state index contributed by atoms with van der Waals surface area (Å²) in [7, 11) is 0. The van der Waals surface area contributed by atoms with Crippen LogP contribution in [-0.2, 0) is 0 Å². The first-order chi connectivity index (χ1) is 13.0. The number of nitrogens with zero attached hydrogens (tertiary/aromatic N) is 2. The molecule has 0 fully saturated rings. The molecular weight excluding hydrogens is 358 g/mol. The fourth-order valence-corrected chi connectivity index (χ4v) is 3.86. The quantitative estimate of drug-likeness (QED) is 0.661. The van der Waals surface area contributed by atoms with E-state index in [1.54, 1.807) is 23.2 Å². The molecule has 1 amide bonds. The molecule has 0 spiro atoms. The lowest BCUT2D eigenvalue weighted by molar-refractivity contribution is 0.0992. The minimum absolute atomic E-state index is 0.0691. The third-order valence-corrected chi connectivity index (χ3v) is 5.10. The van der Waals surface area contributed by atoms with Crippen molar-refractivity contribution >= 4 is 29.0 Å². The Morgan fingerprint density at radius 1 is 1.04 bits per heavy atom. The third kappa shape index (κ3) is 3.06. The predicted molar refractivity (Wildman–Crippen MR) is 110 cm³/mol. The molecule has 5 heteroatoms. The number of aromatic nitrogens is 1. The topological polar surface area (TPSA) is 45.2 Å². The van der Waals surface area contributed by atoms with Gasteiger partial charge in [-0.2, -0.15) is 0 Å². The second-order valence-electron chi connectivity index (χ2n) is 6.92. The number of halogens is 1. The van der Waals surface area contributed by atoms with Gasteiger partial charge >= 0.3 is 0 Å². The molecule has 0 radical (unpaired) electrons. The molecule has 0 bridgehead atoms. The third-order valence-electron chi connectivity index (χ3n) is 4.88. The highest BCUT2D eigenvalue weighted by atomic mass is 35.5. The van der Waals surface area contributed by atoms with Crippen LogP contribution < -0.4 is 10.2 Å². The van der Waals surface area contributed by atoms with Crippen molar-refractivity contribution in [1.29, 1.82) is 0 Å². The van der Waals surface area contributed by atoms with Crippen LogP contribution in [0.4, 0.5) is 11.5 Å². The lowest BCUT2D eigenvalue weighted by atomic mass is 10.0. The van der Waals surface area contributed by atoms with Gasteiger partial charge in [-0.3, -0.25) is 9.69 Å². The molecule has 1 aromatic heterocycles. The van der Waals surface area contributed by atoms with Crippen molar-refractivity contribution in [3.63, 3.8) is 0 Å². The molecule has 3 aromatic rings. The van der Waals surface area contributed by atoms with E-state index in [0.717, 1.165) is 22.4 Å². The molecule has 1 aliphatic rings. The zero-order chi connectivity index (χ0) is 19.1. The van der Waals surface area contributed by atoms with Gasteiger partial charge < -0.3 is 5.32 Å². The molecule has 0 aliphatic carbocycles. The molecule has 2 heterocycles. The van der Waals surface area contributed by atoms with Crippen LogP contribution in [0.5, 0.6) is 0 Å². The first-order valence-corrected chi connectivity index (χ1v) is 9.22. The van der Waals surface area contributed by atoms with Gasteiger partial charge in [0.05, 0.1) is 5.02 Å². The summed E-state index contributed by atoms with van der Waals surface area (Å²) in [6, 6.07) is 15.5. The second-order valence-corrected chi connectivity index (χ2v) is 7.35. The highest BCUT2D eigenvalue weighted by Gasteiger charge is 2.38. The van der Waals surface area contributed by atoms with Crippen LogP contribution in [0.3, 0.4) is 0 Å². The van der Waals surface area contributed by atoms with Crippen molar-refractivity contribution in [2.24, 2.45) is 0 Å². The molecule has 2 aromatic carbocycles. The Labute approximate surface area is 163 Å². The lowest BCUT2D eigenvalue weighted by Gasteiger charge is -2.28. The molecule has 27 heavy (non-hydrogen) atoms. The monoisotopic (exact) mass is 377 g/mol. The van der Waals surface area contributed by atoms with E-state index in [2.05, 4.69) is 43.2 Å². The molecule has 0 saturated carbocycles. The summed E-state index contributed by atoms with van der Waals surface area (Å²) in [5.74, 6) is 0.501. The molecule has 0 saturated heterocycles. The summed E-state index contributed by atoms with van der Waals surface area (Å²) in [6.45, 7) is 6.24. The van der Waals surface area contributed by atoms with Gasteiger partial charge in [0.1, 0.15) is 12.0 Å². The molecule has 1 atom stereocenters. The number of carbonyl (C=O) groups is 1. The van der Waals surface area contributed by atoms with Crippen LogP contribution in [0, 0.1) is 20.8 Å². The van der Waals surface area contributed by atoms with Crippen LogP contribution >= 0.6 is 11.6 Å². The van der Waals surface area contributed by atoms with Crippen LogP contribution in [0.2, 0.25) is 5.02 Å². The summed E-state index contributed by atoms with van der Waals surface area (Å²) >= 11 is 5.98. The maximum Gasteiger partial charge on any atom is 0.261 e. The van der Waals surface area contributed by atoms with Gasteiger partial charge in [0, 0.05) is 23.0 Å². The number of fused-ring (bicyclic) bond motifs is 1.